The molecule has 0 saturated carbocycles. The Balaban J connectivity index is 2.65. The van der Waals surface area contributed by atoms with Gasteiger partial charge in [-0.05, 0) is 0 Å². The molecule has 0 amide bonds. The van der Waals surface area contributed by atoms with Gasteiger partial charge in [-0.2, -0.15) is 13.2 Å². The topological polar surface area (TPSA) is 70.0 Å². The number of rotatable bonds is 3. The highest BCUT2D eigenvalue weighted by atomic mass is 19.4. The Kier molecular flexibility index (Phi) is 4.34. The first kappa shape index (κ1) is 14.2. The monoisotopic (exact) mass is 257 g/mol. The molecule has 2 N–H and O–H groups in total. The molecule has 3 atom stereocenters. The van der Waals surface area contributed by atoms with Crippen LogP contribution in [0.25, 0.3) is 0 Å². The van der Waals surface area contributed by atoms with Crippen LogP contribution < -0.4 is 0 Å². The van der Waals surface area contributed by atoms with Crippen molar-refractivity contribution >= 4 is 5.97 Å². The summed E-state index contributed by atoms with van der Waals surface area (Å²) in [4.78, 5) is 12.3. The van der Waals surface area contributed by atoms with Crippen molar-refractivity contribution in [2.24, 2.45) is 0 Å². The molecule has 0 bridgehead atoms. The van der Waals surface area contributed by atoms with E-state index in [1.807, 2.05) is 0 Å². The number of β-amino-alcohol motifs (C(OH)–C–C–N with tert-alkyl or cyclic N) is 2. The number of methoxy groups -OCH3 is 1. The number of carbonyl (C=O) groups excluding carboxylic acids is 1. The van der Waals surface area contributed by atoms with Gasteiger partial charge in [0.05, 0.1) is 13.2 Å². The van der Waals surface area contributed by atoms with Crippen molar-refractivity contribution in [1.29, 1.82) is 0 Å². The fraction of sp³-hybridized carbons (Fsp3) is 0.889. The molecule has 17 heavy (non-hydrogen) atoms. The summed E-state index contributed by atoms with van der Waals surface area (Å²) >= 11 is 0. The van der Waals surface area contributed by atoms with Crippen LogP contribution in [0.5, 0.6) is 0 Å². The molecular weight excluding hydrogens is 243 g/mol. The lowest BCUT2D eigenvalue weighted by Gasteiger charge is -2.25. The molecule has 1 fully saturated rings. The zero-order chi connectivity index (χ0) is 13.2. The van der Waals surface area contributed by atoms with E-state index in [2.05, 4.69) is 4.74 Å². The molecule has 8 heteroatoms. The van der Waals surface area contributed by atoms with Gasteiger partial charge in [-0.15, -0.1) is 0 Å². The van der Waals surface area contributed by atoms with Crippen molar-refractivity contribution in [2.75, 3.05) is 20.2 Å². The van der Waals surface area contributed by atoms with Gasteiger partial charge in [-0.25, -0.2) is 0 Å². The molecule has 1 rings (SSSR count). The summed E-state index contributed by atoms with van der Waals surface area (Å²) in [7, 11) is 1.12. The van der Waals surface area contributed by atoms with Gasteiger partial charge in [0.15, 0.2) is 6.10 Å². The van der Waals surface area contributed by atoms with Crippen LogP contribution in [0, 0.1) is 0 Å². The van der Waals surface area contributed by atoms with Gasteiger partial charge in [0.25, 0.3) is 0 Å². The third-order valence-corrected chi connectivity index (χ3v) is 2.64. The van der Waals surface area contributed by atoms with Gasteiger partial charge >= 0.3 is 12.1 Å². The second-order valence-electron chi connectivity index (χ2n) is 3.94. The smallest absolute Gasteiger partial charge is 0.415 e. The Morgan fingerprint density at radius 2 is 2.18 bits per heavy atom. The molecule has 0 spiro atoms. The van der Waals surface area contributed by atoms with Crippen LogP contribution in [0.1, 0.15) is 6.42 Å². The number of aliphatic hydroxyl groups is 2. The Morgan fingerprint density at radius 1 is 1.59 bits per heavy atom. The number of esters is 1. The van der Waals surface area contributed by atoms with Crippen molar-refractivity contribution in [3.05, 3.63) is 0 Å². The number of aliphatic hydroxyl groups excluding tert-OH is 2. The molecule has 0 radical (unpaired) electrons. The number of ether oxygens (including phenoxy) is 1. The van der Waals surface area contributed by atoms with Gasteiger partial charge in [0.1, 0.15) is 6.04 Å². The highest BCUT2D eigenvalue weighted by Crippen LogP contribution is 2.25. The first-order chi connectivity index (χ1) is 7.75. The van der Waals surface area contributed by atoms with Gasteiger partial charge in [0, 0.05) is 19.5 Å². The predicted molar refractivity (Wildman–Crippen MR) is 50.1 cm³/mol. The third-order valence-electron chi connectivity index (χ3n) is 2.64. The molecule has 0 unspecified atom stereocenters. The van der Waals surface area contributed by atoms with Crippen LogP contribution in [-0.4, -0.2) is 65.7 Å². The van der Waals surface area contributed by atoms with E-state index in [0.29, 0.717) is 0 Å². The maximum Gasteiger partial charge on any atom is 0.415 e. The number of carbonyl (C=O) groups is 1. The van der Waals surface area contributed by atoms with Gasteiger partial charge in [0.2, 0.25) is 0 Å². The zero-order valence-corrected chi connectivity index (χ0v) is 9.15. The van der Waals surface area contributed by atoms with Gasteiger partial charge in [-0.3, -0.25) is 9.69 Å². The van der Waals surface area contributed by atoms with Crippen LogP contribution in [0.4, 0.5) is 13.2 Å². The Bertz CT molecular complexity index is 284. The summed E-state index contributed by atoms with van der Waals surface area (Å²) in [6.45, 7) is -0.840. The highest BCUT2D eigenvalue weighted by Gasteiger charge is 2.44. The first-order valence-corrected chi connectivity index (χ1v) is 5.00. The quantitative estimate of drug-likeness (QED) is 0.668. The van der Waals surface area contributed by atoms with Crippen molar-refractivity contribution in [2.45, 2.75) is 30.8 Å². The van der Waals surface area contributed by atoms with E-state index in [-0.39, 0.29) is 13.0 Å². The molecule has 100 valence electrons. The molecule has 1 saturated heterocycles. The van der Waals surface area contributed by atoms with E-state index >= 15 is 0 Å². The Labute approximate surface area is 95.8 Å². The van der Waals surface area contributed by atoms with Crippen LogP contribution in [0.15, 0.2) is 0 Å². The molecular formula is C9H14F3NO4. The summed E-state index contributed by atoms with van der Waals surface area (Å²) in [6, 6.07) is -0.938. The molecule has 0 aromatic rings. The molecule has 1 heterocycles. The van der Waals surface area contributed by atoms with Crippen LogP contribution in [0.3, 0.4) is 0 Å². The predicted octanol–water partition coefficient (Wildman–Crippen LogP) is -0.482. The number of likely N-dealkylation sites (tertiary alicyclic amines) is 1. The lowest BCUT2D eigenvalue weighted by Crippen LogP contribution is -2.45. The first-order valence-electron chi connectivity index (χ1n) is 5.00. The molecule has 0 aliphatic carbocycles. The average molecular weight is 257 g/mol. The second kappa shape index (κ2) is 5.19. The minimum atomic E-state index is -4.74. The Hall–Kier alpha value is -0.860. The lowest BCUT2D eigenvalue weighted by atomic mass is 10.2. The van der Waals surface area contributed by atoms with E-state index in [4.69, 9.17) is 5.11 Å². The van der Waals surface area contributed by atoms with E-state index in [1.165, 1.54) is 0 Å². The summed E-state index contributed by atoms with van der Waals surface area (Å²) < 4.78 is 40.9. The van der Waals surface area contributed by atoms with Crippen molar-refractivity contribution < 1.29 is 32.9 Å². The lowest BCUT2D eigenvalue weighted by molar-refractivity contribution is -0.209. The highest BCUT2D eigenvalue weighted by molar-refractivity contribution is 5.76. The minimum Gasteiger partial charge on any atom is -0.468 e. The summed E-state index contributed by atoms with van der Waals surface area (Å²) in [5.41, 5.74) is 0. The summed E-state index contributed by atoms with van der Waals surface area (Å²) in [5, 5.41) is 18.2. The fourth-order valence-corrected chi connectivity index (χ4v) is 1.79. The molecule has 0 aromatic heterocycles. The van der Waals surface area contributed by atoms with Crippen LogP contribution in [-0.2, 0) is 9.53 Å². The normalized spacial score (nSPS) is 28.1. The minimum absolute atomic E-state index is 0.0112. The van der Waals surface area contributed by atoms with E-state index in [1.54, 1.807) is 0 Å². The summed E-state index contributed by atoms with van der Waals surface area (Å²) in [5.74, 6) is -0.712. The SMILES string of the molecule is COC(=O)[C@@H]1C[C@@H](O)CN1C[C@@H](O)C(F)(F)F. The fourth-order valence-electron chi connectivity index (χ4n) is 1.79. The van der Waals surface area contributed by atoms with Crippen molar-refractivity contribution in [3.8, 4) is 0 Å². The van der Waals surface area contributed by atoms with Gasteiger partial charge in [-0.1, -0.05) is 0 Å². The number of hydrogen-bond donors (Lipinski definition) is 2. The number of halogens is 3. The number of nitrogens with zero attached hydrogens (tertiary/aromatic N) is 1. The largest absolute Gasteiger partial charge is 0.468 e. The number of hydrogen-bond acceptors (Lipinski definition) is 5. The summed E-state index contributed by atoms with van der Waals surface area (Å²) in [6.07, 6.45) is -8.16. The average Bonchev–Trinajstić information content (AvgIpc) is 2.57. The van der Waals surface area contributed by atoms with Crippen LogP contribution in [0.2, 0.25) is 0 Å². The van der Waals surface area contributed by atoms with E-state index in [0.717, 1.165) is 12.0 Å². The van der Waals surface area contributed by atoms with Crippen molar-refractivity contribution in [1.82, 2.24) is 4.90 Å². The van der Waals surface area contributed by atoms with Gasteiger partial charge < -0.3 is 14.9 Å². The molecule has 1 aliphatic heterocycles. The maximum absolute atomic E-state index is 12.2. The maximum atomic E-state index is 12.2. The third kappa shape index (κ3) is 3.55. The van der Waals surface area contributed by atoms with Crippen molar-refractivity contribution in [3.63, 3.8) is 0 Å². The Morgan fingerprint density at radius 3 is 2.65 bits per heavy atom. The second-order valence-corrected chi connectivity index (χ2v) is 3.94. The molecule has 0 aromatic carbocycles. The van der Waals surface area contributed by atoms with E-state index in [9.17, 15) is 23.1 Å². The number of alkyl halides is 3. The molecule has 1 aliphatic rings. The van der Waals surface area contributed by atoms with E-state index < -0.39 is 36.9 Å². The molecule has 5 nitrogen and oxygen atoms in total. The standard InChI is InChI=1S/C9H14F3NO4/c1-17-8(16)6-2-5(14)3-13(6)4-7(15)9(10,11)12/h5-7,14-15H,2-4H2,1H3/t5-,6+,7-/m1/s1. The van der Waals surface area contributed by atoms with Crippen LogP contribution >= 0.6 is 0 Å². The zero-order valence-electron chi connectivity index (χ0n) is 9.15.